The molecule has 3 aromatic rings. The van der Waals surface area contributed by atoms with Gasteiger partial charge in [-0.1, -0.05) is 32.4 Å². The second kappa shape index (κ2) is 9.51. The molecule has 1 saturated heterocycles. The molecule has 0 N–H and O–H groups in total. The summed E-state index contributed by atoms with van der Waals surface area (Å²) in [5.74, 6) is 2.53. The van der Waals surface area contributed by atoms with E-state index in [2.05, 4.69) is 25.7 Å². The summed E-state index contributed by atoms with van der Waals surface area (Å²) in [6.07, 6.45) is 3.22. The number of fused-ring (bicyclic) bond motifs is 3. The molecule has 0 saturated carbocycles. The van der Waals surface area contributed by atoms with Gasteiger partial charge in [0.2, 0.25) is 10.0 Å². The number of rotatable bonds is 5. The van der Waals surface area contributed by atoms with E-state index in [0.717, 1.165) is 47.2 Å². The molecular formula is C24H28ClN5O4S2. The molecule has 0 spiro atoms. The van der Waals surface area contributed by atoms with Gasteiger partial charge < -0.3 is 4.90 Å². The number of thiophene rings is 1. The topological polar surface area (TPSA) is 110 Å². The monoisotopic (exact) mass is 549 g/mol. The van der Waals surface area contributed by atoms with Crippen LogP contribution in [0.3, 0.4) is 0 Å². The van der Waals surface area contributed by atoms with E-state index in [-0.39, 0.29) is 28.9 Å². The number of halogens is 1. The maximum Gasteiger partial charge on any atom is 0.289 e. The molecule has 0 amide bonds. The third kappa shape index (κ3) is 4.46. The van der Waals surface area contributed by atoms with E-state index in [0.29, 0.717) is 19.0 Å². The highest BCUT2D eigenvalue weighted by molar-refractivity contribution is 7.89. The highest BCUT2D eigenvalue weighted by atomic mass is 35.5. The Morgan fingerprint density at radius 1 is 1.19 bits per heavy atom. The van der Waals surface area contributed by atoms with Crippen molar-refractivity contribution < 1.29 is 13.3 Å². The molecule has 0 bridgehead atoms. The Morgan fingerprint density at radius 3 is 2.58 bits per heavy atom. The Bertz CT molecular complexity index is 1450. The van der Waals surface area contributed by atoms with Crippen LogP contribution in [0.1, 0.15) is 49.4 Å². The molecule has 0 radical (unpaired) electrons. The largest absolute Gasteiger partial charge is 0.353 e. The number of hydrogen-bond acceptors (Lipinski definition) is 8. The van der Waals surface area contributed by atoms with Crippen LogP contribution in [0.4, 0.5) is 11.5 Å². The summed E-state index contributed by atoms with van der Waals surface area (Å²) >= 11 is 7.65. The normalized spacial score (nSPS) is 19.1. The highest BCUT2D eigenvalue weighted by Gasteiger charge is 2.33. The van der Waals surface area contributed by atoms with E-state index in [1.165, 1.54) is 26.9 Å². The van der Waals surface area contributed by atoms with Gasteiger partial charge in [0.05, 0.1) is 15.2 Å². The van der Waals surface area contributed by atoms with Crippen molar-refractivity contribution in [1.29, 1.82) is 0 Å². The number of aromatic nitrogens is 2. The van der Waals surface area contributed by atoms with E-state index < -0.39 is 20.6 Å². The number of nitro benzene ring substituents is 1. The maximum atomic E-state index is 13.3. The van der Waals surface area contributed by atoms with E-state index in [1.807, 2.05) is 0 Å². The van der Waals surface area contributed by atoms with Gasteiger partial charge in [-0.3, -0.25) is 10.1 Å². The fourth-order valence-corrected chi connectivity index (χ4v) is 7.92. The zero-order valence-corrected chi connectivity index (χ0v) is 22.8. The summed E-state index contributed by atoms with van der Waals surface area (Å²) in [4.78, 5) is 24.9. The SMILES string of the molecule is CC1CCc2c(sc3nc(C(C)C)nc(N4CCN(S(=O)(=O)c5ccc(Cl)c([N+](=O)[O-])c5)CC4)c23)C1. The second-order valence-electron chi connectivity index (χ2n) is 9.85. The molecule has 2 aromatic heterocycles. The van der Waals surface area contributed by atoms with E-state index >= 15 is 0 Å². The Labute approximate surface area is 219 Å². The Balaban J connectivity index is 1.45. The molecule has 1 aliphatic heterocycles. The Morgan fingerprint density at radius 2 is 1.92 bits per heavy atom. The summed E-state index contributed by atoms with van der Waals surface area (Å²) in [7, 11) is -3.90. The standard InChI is InChI=1S/C24H28ClN5O4S2/c1-14(2)22-26-23(21-17-6-4-15(3)12-20(17)35-24(21)27-22)28-8-10-29(11-9-28)36(33,34)16-5-7-18(25)19(13-16)30(31)32/h5,7,13-15H,4,6,8-12H2,1-3H3. The number of benzene rings is 1. The van der Waals surface area contributed by atoms with Crippen molar-refractivity contribution in [2.45, 2.75) is 50.8 Å². The first-order chi connectivity index (χ1) is 17.1. The number of nitrogens with zero attached hydrogens (tertiary/aromatic N) is 5. The molecule has 1 aliphatic carbocycles. The van der Waals surface area contributed by atoms with Gasteiger partial charge in [-0.05, 0) is 42.9 Å². The number of anilines is 1. The molecule has 5 rings (SSSR count). The van der Waals surface area contributed by atoms with Gasteiger partial charge in [0.25, 0.3) is 5.69 Å². The van der Waals surface area contributed by atoms with Crippen LogP contribution in [0.15, 0.2) is 23.1 Å². The molecule has 1 atom stereocenters. The lowest BCUT2D eigenvalue weighted by molar-refractivity contribution is -0.384. The van der Waals surface area contributed by atoms with Gasteiger partial charge in [0.1, 0.15) is 21.5 Å². The number of hydrogen-bond donors (Lipinski definition) is 0. The van der Waals surface area contributed by atoms with Crippen molar-refractivity contribution in [2.24, 2.45) is 5.92 Å². The Hall–Kier alpha value is -2.34. The zero-order valence-electron chi connectivity index (χ0n) is 20.4. The first kappa shape index (κ1) is 25.3. The smallest absolute Gasteiger partial charge is 0.289 e. The van der Waals surface area contributed by atoms with E-state index in [4.69, 9.17) is 21.6 Å². The van der Waals surface area contributed by atoms with Crippen molar-refractivity contribution in [1.82, 2.24) is 14.3 Å². The minimum atomic E-state index is -3.90. The van der Waals surface area contributed by atoms with Crippen LogP contribution in [-0.4, -0.2) is 53.8 Å². The predicted molar refractivity (Wildman–Crippen MR) is 142 cm³/mol. The minimum absolute atomic E-state index is 0.0917. The van der Waals surface area contributed by atoms with Crippen LogP contribution in [0.2, 0.25) is 5.02 Å². The molecule has 12 heteroatoms. The highest BCUT2D eigenvalue weighted by Crippen LogP contribution is 2.42. The zero-order chi connectivity index (χ0) is 25.8. The van der Waals surface area contributed by atoms with Crippen molar-refractivity contribution in [2.75, 3.05) is 31.1 Å². The van der Waals surface area contributed by atoms with E-state index in [1.54, 1.807) is 11.3 Å². The van der Waals surface area contributed by atoms with Gasteiger partial charge in [-0.25, -0.2) is 18.4 Å². The lowest BCUT2D eigenvalue weighted by Crippen LogP contribution is -2.49. The van der Waals surface area contributed by atoms with Crippen molar-refractivity contribution in [3.05, 3.63) is 49.6 Å². The number of sulfonamides is 1. The van der Waals surface area contributed by atoms with Crippen LogP contribution in [0.5, 0.6) is 0 Å². The van der Waals surface area contributed by atoms with Crippen molar-refractivity contribution in [3.63, 3.8) is 0 Å². The third-order valence-corrected chi connectivity index (χ3v) is 10.3. The summed E-state index contributed by atoms with van der Waals surface area (Å²) in [6, 6.07) is 3.61. The predicted octanol–water partition coefficient (Wildman–Crippen LogP) is 5.01. The summed E-state index contributed by atoms with van der Waals surface area (Å²) in [5.41, 5.74) is 0.930. The molecule has 192 valence electrons. The first-order valence-electron chi connectivity index (χ1n) is 12.1. The minimum Gasteiger partial charge on any atom is -0.353 e. The van der Waals surface area contributed by atoms with Crippen LogP contribution in [0, 0.1) is 16.0 Å². The second-order valence-corrected chi connectivity index (χ2v) is 13.3. The molecule has 3 heterocycles. The summed E-state index contributed by atoms with van der Waals surface area (Å²) < 4.78 is 27.9. The molecular weight excluding hydrogens is 522 g/mol. The number of nitro groups is 1. The molecule has 36 heavy (non-hydrogen) atoms. The van der Waals surface area contributed by atoms with Crippen molar-refractivity contribution >= 4 is 54.7 Å². The Kier molecular flexibility index (Phi) is 6.69. The average molecular weight is 550 g/mol. The van der Waals surface area contributed by atoms with Crippen LogP contribution in [-0.2, 0) is 22.9 Å². The first-order valence-corrected chi connectivity index (χ1v) is 14.7. The van der Waals surface area contributed by atoms with Crippen LogP contribution in [0.25, 0.3) is 10.2 Å². The molecule has 9 nitrogen and oxygen atoms in total. The summed E-state index contributed by atoms with van der Waals surface area (Å²) in [5, 5.41) is 12.3. The molecule has 1 aromatic carbocycles. The number of piperazine rings is 1. The lowest BCUT2D eigenvalue weighted by Gasteiger charge is -2.35. The molecule has 1 unspecified atom stereocenters. The average Bonchev–Trinajstić information content (AvgIpc) is 3.20. The van der Waals surface area contributed by atoms with Crippen molar-refractivity contribution in [3.8, 4) is 0 Å². The third-order valence-electron chi connectivity index (χ3n) is 6.96. The maximum absolute atomic E-state index is 13.3. The fraction of sp³-hybridized carbons (Fsp3) is 0.500. The quantitative estimate of drug-likeness (QED) is 0.325. The van der Waals surface area contributed by atoms with Gasteiger partial charge in [0.15, 0.2) is 0 Å². The summed E-state index contributed by atoms with van der Waals surface area (Å²) in [6.45, 7) is 7.90. The molecule has 2 aliphatic rings. The molecule has 1 fully saturated rings. The van der Waals surface area contributed by atoms with Gasteiger partial charge in [-0.2, -0.15) is 4.31 Å². The lowest BCUT2D eigenvalue weighted by atomic mass is 9.89. The van der Waals surface area contributed by atoms with E-state index in [9.17, 15) is 18.5 Å². The van der Waals surface area contributed by atoms with Crippen LogP contribution >= 0.6 is 22.9 Å². The number of aryl methyl sites for hydroxylation is 1. The van der Waals surface area contributed by atoms with Gasteiger partial charge >= 0.3 is 0 Å². The van der Waals surface area contributed by atoms with Crippen LogP contribution < -0.4 is 4.90 Å². The van der Waals surface area contributed by atoms with Gasteiger partial charge in [-0.15, -0.1) is 11.3 Å². The fourth-order valence-electron chi connectivity index (χ4n) is 4.91. The van der Waals surface area contributed by atoms with Gasteiger partial charge in [0, 0.05) is 43.0 Å².